The Bertz CT molecular complexity index is 775. The van der Waals surface area contributed by atoms with E-state index in [0.29, 0.717) is 19.6 Å². The van der Waals surface area contributed by atoms with Crippen LogP contribution < -0.4 is 0 Å². The van der Waals surface area contributed by atoms with Gasteiger partial charge in [-0.1, -0.05) is 32.9 Å². The lowest BCUT2D eigenvalue weighted by molar-refractivity contribution is -0.136. The highest BCUT2D eigenvalue weighted by Gasteiger charge is 2.45. The first-order valence-corrected chi connectivity index (χ1v) is 12.9. The second-order valence-corrected chi connectivity index (χ2v) is 14.5. The van der Waals surface area contributed by atoms with Gasteiger partial charge in [0.1, 0.15) is 0 Å². The zero-order chi connectivity index (χ0) is 19.9. The van der Waals surface area contributed by atoms with E-state index in [4.69, 9.17) is 4.43 Å². The van der Waals surface area contributed by atoms with Crippen molar-refractivity contribution in [2.24, 2.45) is 0 Å². The number of amides is 1. The van der Waals surface area contributed by atoms with Crippen LogP contribution >= 0.6 is 0 Å². The molecule has 1 heterocycles. The lowest BCUT2D eigenvalue weighted by Gasteiger charge is -2.42. The summed E-state index contributed by atoms with van der Waals surface area (Å²) in [5.74, 6) is 0.240. The highest BCUT2D eigenvalue weighted by atomic mass is 28.4. The summed E-state index contributed by atoms with van der Waals surface area (Å²) >= 11 is 0. The molecule has 1 saturated heterocycles. The van der Waals surface area contributed by atoms with Crippen LogP contribution in [0.25, 0.3) is 0 Å². The first-order valence-electron chi connectivity index (χ1n) is 10.0. The van der Waals surface area contributed by atoms with Crippen LogP contribution in [-0.2, 0) is 21.1 Å². The van der Waals surface area contributed by atoms with Crippen molar-refractivity contribution in [3.05, 3.63) is 34.9 Å². The van der Waals surface area contributed by atoms with Crippen molar-refractivity contribution < 1.29 is 9.22 Å². The number of rotatable bonds is 4. The number of hydrogen-bond donors (Lipinski definition) is 0. The summed E-state index contributed by atoms with van der Waals surface area (Å²) in [6.07, 6.45) is 3.47. The predicted octanol–water partition coefficient (Wildman–Crippen LogP) is 4.39. The van der Waals surface area contributed by atoms with E-state index >= 15 is 0 Å². The van der Waals surface area contributed by atoms with Gasteiger partial charge in [0, 0.05) is 24.9 Å². The summed E-state index contributed by atoms with van der Waals surface area (Å²) in [7, 11) is -1.80. The quantitative estimate of drug-likeness (QED) is 0.724. The molecule has 1 fully saturated rings. The Balaban J connectivity index is 1.72. The van der Waals surface area contributed by atoms with E-state index in [-0.39, 0.29) is 16.4 Å². The molecule has 1 aromatic carbocycles. The van der Waals surface area contributed by atoms with Crippen molar-refractivity contribution in [2.75, 3.05) is 19.7 Å². The highest BCUT2D eigenvalue weighted by Crippen LogP contribution is 2.46. The third kappa shape index (κ3) is 3.70. The fourth-order valence-electron chi connectivity index (χ4n) is 4.25. The van der Waals surface area contributed by atoms with Crippen molar-refractivity contribution in [2.45, 2.75) is 70.0 Å². The molecule has 0 saturated carbocycles. The van der Waals surface area contributed by atoms with Crippen molar-refractivity contribution in [1.82, 2.24) is 4.90 Å². The molecule has 1 spiro atoms. The summed E-state index contributed by atoms with van der Waals surface area (Å²) in [6.45, 7) is 13.3. The Morgan fingerprint density at radius 3 is 2.63 bits per heavy atom. The average Bonchev–Trinajstić information content (AvgIpc) is 2.95. The first-order chi connectivity index (χ1) is 12.6. The lowest BCUT2D eigenvalue weighted by atomic mass is 9.75. The molecule has 0 radical (unpaired) electrons. The van der Waals surface area contributed by atoms with Gasteiger partial charge in [0.05, 0.1) is 18.2 Å². The molecule has 1 aromatic rings. The number of hydrogen-bond acceptors (Lipinski definition) is 3. The minimum absolute atomic E-state index is 0.0209. The molecule has 146 valence electrons. The van der Waals surface area contributed by atoms with Crippen LogP contribution in [0.3, 0.4) is 0 Å². The van der Waals surface area contributed by atoms with Crippen LogP contribution in [0.15, 0.2) is 18.2 Å². The summed E-state index contributed by atoms with van der Waals surface area (Å²) in [6, 6.07) is 8.41. The summed E-state index contributed by atoms with van der Waals surface area (Å²) in [5, 5.41) is 9.59. The van der Waals surface area contributed by atoms with Crippen molar-refractivity contribution in [1.29, 1.82) is 5.26 Å². The van der Waals surface area contributed by atoms with Gasteiger partial charge in [0.15, 0.2) is 8.32 Å². The molecule has 1 amide bonds. The van der Waals surface area contributed by atoms with Gasteiger partial charge in [0.2, 0.25) is 5.91 Å². The van der Waals surface area contributed by atoms with Crippen LogP contribution in [0.5, 0.6) is 0 Å². The van der Waals surface area contributed by atoms with E-state index in [1.165, 1.54) is 11.1 Å². The third-order valence-electron chi connectivity index (χ3n) is 7.02. The van der Waals surface area contributed by atoms with Gasteiger partial charge < -0.3 is 9.33 Å². The Hall–Kier alpha value is -1.64. The molecule has 1 aliphatic heterocycles. The normalized spacial score (nSPS) is 22.8. The smallest absolute Gasteiger partial charge is 0.222 e. The molecule has 1 aliphatic carbocycles. The Morgan fingerprint density at radius 2 is 1.96 bits per heavy atom. The number of piperidine rings is 1. The molecular weight excluding hydrogens is 352 g/mol. The summed E-state index contributed by atoms with van der Waals surface area (Å²) < 4.78 is 6.30. The van der Waals surface area contributed by atoms with Crippen LogP contribution in [0.4, 0.5) is 0 Å². The Kier molecular flexibility index (Phi) is 5.26. The molecule has 4 nitrogen and oxygen atoms in total. The molecule has 2 aliphatic rings. The number of nitriles is 1. The van der Waals surface area contributed by atoms with Gasteiger partial charge in [-0.05, 0) is 54.6 Å². The Labute approximate surface area is 164 Å². The molecule has 5 heteroatoms. The second kappa shape index (κ2) is 7.07. The maximum absolute atomic E-state index is 12.6. The van der Waals surface area contributed by atoms with Crippen LogP contribution in [-0.4, -0.2) is 38.8 Å². The fourth-order valence-corrected chi connectivity index (χ4v) is 5.28. The van der Waals surface area contributed by atoms with Gasteiger partial charge in [-0.3, -0.25) is 4.79 Å². The molecular formula is C22H32N2O2Si. The maximum atomic E-state index is 12.6. The Morgan fingerprint density at radius 1 is 1.26 bits per heavy atom. The number of carbonyl (C=O) groups excluding carboxylic acids is 1. The molecule has 27 heavy (non-hydrogen) atoms. The van der Waals surface area contributed by atoms with Gasteiger partial charge in [0.25, 0.3) is 0 Å². The van der Waals surface area contributed by atoms with E-state index in [0.717, 1.165) is 31.4 Å². The van der Waals surface area contributed by atoms with Crippen molar-refractivity contribution >= 4 is 14.2 Å². The number of carbonyl (C=O) groups is 1. The number of nitrogens with zero attached hydrogens (tertiary/aromatic N) is 2. The van der Waals surface area contributed by atoms with Crippen LogP contribution in [0, 0.1) is 11.3 Å². The second-order valence-electron chi connectivity index (χ2n) is 9.65. The fraction of sp³-hybridized carbons (Fsp3) is 0.636. The summed E-state index contributed by atoms with van der Waals surface area (Å²) in [4.78, 5) is 14.6. The monoisotopic (exact) mass is 384 g/mol. The van der Waals surface area contributed by atoms with E-state index in [2.05, 4.69) is 46.0 Å². The minimum atomic E-state index is -1.80. The van der Waals surface area contributed by atoms with Crippen LogP contribution in [0.2, 0.25) is 18.1 Å². The zero-order valence-corrected chi connectivity index (χ0v) is 18.4. The third-order valence-corrected chi connectivity index (χ3v) is 11.6. The molecule has 0 bridgehead atoms. The summed E-state index contributed by atoms with van der Waals surface area (Å²) in [5.41, 5.74) is 3.32. The largest absolute Gasteiger partial charge is 0.415 e. The lowest BCUT2D eigenvalue weighted by Crippen LogP contribution is -2.50. The molecule has 0 N–H and O–H groups in total. The SMILES string of the molecule is CC(C)(C)[Si](C)(C)OCCN1CC2(CCC1=O)CCc1c(C#N)cccc12. The molecule has 1 atom stereocenters. The van der Waals surface area contributed by atoms with E-state index < -0.39 is 8.32 Å². The number of fused-ring (bicyclic) bond motifs is 2. The van der Waals surface area contributed by atoms with E-state index in [9.17, 15) is 10.1 Å². The molecule has 3 rings (SSSR count). The van der Waals surface area contributed by atoms with E-state index in [1.54, 1.807) is 0 Å². The minimum Gasteiger partial charge on any atom is -0.415 e. The van der Waals surface area contributed by atoms with Gasteiger partial charge in [-0.25, -0.2) is 0 Å². The maximum Gasteiger partial charge on any atom is 0.222 e. The van der Waals surface area contributed by atoms with Gasteiger partial charge in [-0.15, -0.1) is 0 Å². The molecule has 0 aromatic heterocycles. The highest BCUT2D eigenvalue weighted by molar-refractivity contribution is 6.74. The predicted molar refractivity (Wildman–Crippen MR) is 110 cm³/mol. The van der Waals surface area contributed by atoms with E-state index in [1.807, 2.05) is 17.0 Å². The van der Waals surface area contributed by atoms with Gasteiger partial charge >= 0.3 is 0 Å². The average molecular weight is 385 g/mol. The topological polar surface area (TPSA) is 53.3 Å². The van der Waals surface area contributed by atoms with Crippen LogP contribution in [0.1, 0.15) is 56.7 Å². The van der Waals surface area contributed by atoms with Crippen molar-refractivity contribution in [3.8, 4) is 6.07 Å². The van der Waals surface area contributed by atoms with Gasteiger partial charge in [-0.2, -0.15) is 5.26 Å². The number of likely N-dealkylation sites (tertiary alicyclic amines) is 1. The standard InChI is InChI=1S/C22H32N2O2Si/c1-21(2,3)27(4,5)26-14-13-24-16-22(12-10-20(24)25)11-9-18-17(15-23)7-6-8-19(18)22/h6-8H,9-14,16H2,1-5H3. The molecule has 1 unspecified atom stereocenters. The zero-order valence-electron chi connectivity index (χ0n) is 17.4. The van der Waals surface area contributed by atoms with Crippen molar-refractivity contribution in [3.63, 3.8) is 0 Å². The first kappa shape index (κ1) is 20.1. The number of benzene rings is 1.